The van der Waals surface area contributed by atoms with Crippen LogP contribution in [0.4, 0.5) is 8.78 Å². The van der Waals surface area contributed by atoms with Crippen LogP contribution in [0.25, 0.3) is 11.1 Å². The summed E-state index contributed by atoms with van der Waals surface area (Å²) in [5.74, 6) is -0.0954. The van der Waals surface area contributed by atoms with Crippen molar-refractivity contribution in [3.05, 3.63) is 58.2 Å². The number of rotatable bonds is 12. The normalized spacial score (nSPS) is 12.7. The van der Waals surface area contributed by atoms with E-state index in [0.717, 1.165) is 65.5 Å². The fourth-order valence-electron chi connectivity index (χ4n) is 4.81. The Kier molecular flexibility index (Phi) is 8.90. The maximum absolute atomic E-state index is 15.2. The summed E-state index contributed by atoms with van der Waals surface area (Å²) in [7, 11) is 0. The molecule has 0 spiro atoms. The summed E-state index contributed by atoms with van der Waals surface area (Å²) in [5.41, 5.74) is 5.04. The average molecular weight is 413 g/mol. The lowest BCUT2D eigenvalue weighted by Crippen LogP contribution is -2.11. The van der Waals surface area contributed by atoms with Crippen molar-refractivity contribution < 1.29 is 8.78 Å². The van der Waals surface area contributed by atoms with Crippen molar-refractivity contribution in [3.63, 3.8) is 0 Å². The van der Waals surface area contributed by atoms with Gasteiger partial charge in [0, 0.05) is 0 Å². The minimum atomic E-state index is -0.0498. The number of unbranched alkanes of at least 4 members (excludes halogenated alkanes) is 8. The first-order valence-electron chi connectivity index (χ1n) is 12.3. The predicted octanol–water partition coefficient (Wildman–Crippen LogP) is 8.76. The number of hydrogen-bond acceptors (Lipinski definition) is 0. The van der Waals surface area contributed by atoms with Gasteiger partial charge in [-0.25, -0.2) is 8.78 Å². The van der Waals surface area contributed by atoms with E-state index in [9.17, 15) is 0 Å². The Morgan fingerprint density at radius 1 is 0.567 bits per heavy atom. The molecule has 0 radical (unpaired) electrons. The number of halogens is 2. The van der Waals surface area contributed by atoms with Gasteiger partial charge in [0.15, 0.2) is 0 Å². The molecule has 2 aromatic rings. The van der Waals surface area contributed by atoms with Gasteiger partial charge in [0.05, 0.1) is 0 Å². The standard InChI is InChI=1S/C28H38F2/c1-3-5-7-9-10-12-14-22-16-18-24-23-17-15-21(13-11-8-6-4-2)27(29)25(23)19-20-26(24)28(22)30/h15-18H,3-14,19-20H2,1-2H3. The van der Waals surface area contributed by atoms with Gasteiger partial charge in [-0.2, -0.15) is 0 Å². The first kappa shape index (κ1) is 23.0. The lowest BCUT2D eigenvalue weighted by Gasteiger charge is -2.23. The van der Waals surface area contributed by atoms with Crippen molar-refractivity contribution in [3.8, 4) is 11.1 Å². The van der Waals surface area contributed by atoms with Crippen molar-refractivity contribution in [2.75, 3.05) is 0 Å². The predicted molar refractivity (Wildman–Crippen MR) is 124 cm³/mol. The van der Waals surface area contributed by atoms with Crippen LogP contribution in [0, 0.1) is 11.6 Å². The van der Waals surface area contributed by atoms with Crippen molar-refractivity contribution in [2.24, 2.45) is 0 Å². The molecule has 164 valence electrons. The van der Waals surface area contributed by atoms with Crippen LogP contribution >= 0.6 is 0 Å². The molecule has 0 aliphatic heterocycles. The smallest absolute Gasteiger partial charge is 0.130 e. The number of fused-ring (bicyclic) bond motifs is 3. The molecule has 0 N–H and O–H groups in total. The third-order valence-corrected chi connectivity index (χ3v) is 6.66. The van der Waals surface area contributed by atoms with Gasteiger partial charge >= 0.3 is 0 Å². The van der Waals surface area contributed by atoms with E-state index in [-0.39, 0.29) is 11.6 Å². The second kappa shape index (κ2) is 11.6. The Morgan fingerprint density at radius 2 is 0.967 bits per heavy atom. The highest BCUT2D eigenvalue weighted by Crippen LogP contribution is 2.38. The highest BCUT2D eigenvalue weighted by atomic mass is 19.1. The van der Waals surface area contributed by atoms with Gasteiger partial charge in [-0.1, -0.05) is 89.5 Å². The zero-order valence-corrected chi connectivity index (χ0v) is 19.0. The molecule has 0 fully saturated rings. The highest BCUT2D eigenvalue weighted by Gasteiger charge is 2.24. The van der Waals surface area contributed by atoms with Crippen molar-refractivity contribution in [1.82, 2.24) is 0 Å². The van der Waals surface area contributed by atoms with Gasteiger partial charge in [0.25, 0.3) is 0 Å². The largest absolute Gasteiger partial charge is 0.206 e. The number of benzene rings is 2. The molecular weight excluding hydrogens is 374 g/mol. The lowest BCUT2D eigenvalue weighted by molar-refractivity contribution is 0.562. The average Bonchev–Trinajstić information content (AvgIpc) is 2.76. The van der Waals surface area contributed by atoms with Gasteiger partial charge in [-0.3, -0.25) is 0 Å². The van der Waals surface area contributed by atoms with E-state index in [1.165, 1.54) is 44.9 Å². The fraction of sp³-hybridized carbons (Fsp3) is 0.571. The summed E-state index contributed by atoms with van der Waals surface area (Å²) < 4.78 is 30.3. The van der Waals surface area contributed by atoms with Crippen molar-refractivity contribution in [2.45, 2.75) is 104 Å². The molecular formula is C28H38F2. The summed E-state index contributed by atoms with van der Waals surface area (Å²) in [5, 5.41) is 0. The topological polar surface area (TPSA) is 0 Å². The van der Waals surface area contributed by atoms with Crippen LogP contribution in [0.15, 0.2) is 24.3 Å². The van der Waals surface area contributed by atoms with Crippen LogP contribution < -0.4 is 0 Å². The Labute approximate surface area is 182 Å². The first-order valence-corrected chi connectivity index (χ1v) is 12.3. The van der Waals surface area contributed by atoms with Crippen LogP contribution in [0.5, 0.6) is 0 Å². The lowest BCUT2D eigenvalue weighted by atomic mass is 9.82. The second-order valence-corrected chi connectivity index (χ2v) is 8.96. The van der Waals surface area contributed by atoms with Gasteiger partial charge in [-0.15, -0.1) is 0 Å². The zero-order chi connectivity index (χ0) is 21.3. The molecule has 1 aliphatic rings. The Bertz CT molecular complexity index is 822. The van der Waals surface area contributed by atoms with Crippen LogP contribution in [0.1, 0.15) is 100 Å². The highest BCUT2D eigenvalue weighted by molar-refractivity contribution is 5.74. The quantitative estimate of drug-likeness (QED) is 0.306. The first-order chi connectivity index (χ1) is 14.7. The molecule has 0 saturated heterocycles. The molecule has 30 heavy (non-hydrogen) atoms. The van der Waals surface area contributed by atoms with Gasteiger partial charge in [-0.05, 0) is 71.9 Å². The van der Waals surface area contributed by atoms with E-state index in [0.29, 0.717) is 12.8 Å². The third-order valence-electron chi connectivity index (χ3n) is 6.66. The van der Waals surface area contributed by atoms with Crippen LogP contribution in [-0.2, 0) is 25.7 Å². The summed E-state index contributed by atoms with van der Waals surface area (Å²) in [4.78, 5) is 0. The Hall–Kier alpha value is -1.70. The van der Waals surface area contributed by atoms with Crippen LogP contribution in [0.3, 0.4) is 0 Å². The fourth-order valence-corrected chi connectivity index (χ4v) is 4.81. The monoisotopic (exact) mass is 412 g/mol. The van der Waals surface area contributed by atoms with Gasteiger partial charge in [0.2, 0.25) is 0 Å². The van der Waals surface area contributed by atoms with Gasteiger partial charge < -0.3 is 0 Å². The van der Waals surface area contributed by atoms with E-state index in [1.54, 1.807) is 0 Å². The molecule has 0 saturated carbocycles. The van der Waals surface area contributed by atoms with Crippen molar-refractivity contribution in [1.29, 1.82) is 0 Å². The van der Waals surface area contributed by atoms with E-state index < -0.39 is 0 Å². The zero-order valence-electron chi connectivity index (χ0n) is 19.0. The van der Waals surface area contributed by atoms with E-state index in [1.807, 2.05) is 24.3 Å². The summed E-state index contributed by atoms with van der Waals surface area (Å²) in [6.45, 7) is 4.41. The van der Waals surface area contributed by atoms with E-state index >= 15 is 8.78 Å². The maximum atomic E-state index is 15.2. The number of hydrogen-bond donors (Lipinski definition) is 0. The van der Waals surface area contributed by atoms with Crippen LogP contribution in [-0.4, -0.2) is 0 Å². The third kappa shape index (κ3) is 5.50. The van der Waals surface area contributed by atoms with E-state index in [4.69, 9.17) is 0 Å². The molecule has 0 amide bonds. The summed E-state index contributed by atoms with van der Waals surface area (Å²) in [6.07, 6.45) is 14.7. The second-order valence-electron chi connectivity index (χ2n) is 8.96. The molecule has 0 nitrogen and oxygen atoms in total. The molecule has 0 atom stereocenters. The summed E-state index contributed by atoms with van der Waals surface area (Å²) in [6, 6.07) is 7.92. The molecule has 2 aromatic carbocycles. The Balaban J connectivity index is 1.70. The van der Waals surface area contributed by atoms with Gasteiger partial charge in [0.1, 0.15) is 11.6 Å². The minimum absolute atomic E-state index is 0.0456. The molecule has 0 unspecified atom stereocenters. The van der Waals surface area contributed by atoms with Crippen molar-refractivity contribution >= 4 is 0 Å². The molecule has 0 bridgehead atoms. The van der Waals surface area contributed by atoms with E-state index in [2.05, 4.69) is 13.8 Å². The van der Waals surface area contributed by atoms with Crippen LogP contribution in [0.2, 0.25) is 0 Å². The summed E-state index contributed by atoms with van der Waals surface area (Å²) >= 11 is 0. The number of aryl methyl sites for hydroxylation is 2. The molecule has 0 aromatic heterocycles. The molecule has 1 aliphatic carbocycles. The molecule has 0 heterocycles. The SMILES string of the molecule is CCCCCCCCc1ccc2c(c1F)CCc1c-2ccc(CCCCCC)c1F. The Morgan fingerprint density at radius 3 is 1.43 bits per heavy atom. The molecule has 2 heteroatoms. The maximum Gasteiger partial charge on any atom is 0.130 e. The molecule has 3 rings (SSSR count). The minimum Gasteiger partial charge on any atom is -0.206 e.